The van der Waals surface area contributed by atoms with Crippen molar-refractivity contribution in [1.29, 1.82) is 0 Å². The van der Waals surface area contributed by atoms with Gasteiger partial charge in [0.2, 0.25) is 0 Å². The number of anilines is 1. The molecule has 14 heavy (non-hydrogen) atoms. The van der Waals surface area contributed by atoms with Crippen LogP contribution in [0.15, 0.2) is 18.2 Å². The van der Waals surface area contributed by atoms with E-state index >= 15 is 0 Å². The number of carbonyl (C=O) groups is 1. The number of carbonyl (C=O) groups excluding carboxylic acids is 1. The number of nitrogens with one attached hydrogen (secondary N) is 1. The molecule has 0 unspecified atom stereocenters. The molecule has 0 amide bonds. The molecular weight excluding hydrogens is 182 g/mol. The molecular formula is C9H9N3O2. The standard InChI is InChI=1S/C9H9N3O2/c1-14-9(13)8-5-3-2-4-6(10)7(5)11-12-8/h2-4H,10H2,1H3,(H,11,12). The lowest BCUT2D eigenvalue weighted by molar-refractivity contribution is 0.0596. The third kappa shape index (κ3) is 1.10. The van der Waals surface area contributed by atoms with Gasteiger partial charge in [0.1, 0.15) is 0 Å². The number of ether oxygens (including phenoxy) is 1. The van der Waals surface area contributed by atoms with Crippen molar-refractivity contribution in [1.82, 2.24) is 10.2 Å². The van der Waals surface area contributed by atoms with E-state index in [2.05, 4.69) is 14.9 Å². The van der Waals surface area contributed by atoms with Gasteiger partial charge in [-0.2, -0.15) is 5.10 Å². The van der Waals surface area contributed by atoms with E-state index in [4.69, 9.17) is 5.73 Å². The quantitative estimate of drug-likeness (QED) is 0.519. The number of aromatic amines is 1. The Morgan fingerprint density at radius 2 is 2.36 bits per heavy atom. The summed E-state index contributed by atoms with van der Waals surface area (Å²) in [6.07, 6.45) is 0. The zero-order valence-electron chi connectivity index (χ0n) is 7.57. The number of methoxy groups -OCH3 is 1. The number of hydrogen-bond donors (Lipinski definition) is 2. The van der Waals surface area contributed by atoms with Crippen molar-refractivity contribution in [2.45, 2.75) is 0 Å². The number of benzene rings is 1. The number of nitrogens with zero attached hydrogens (tertiary/aromatic N) is 1. The van der Waals surface area contributed by atoms with Gasteiger partial charge in [0.25, 0.3) is 0 Å². The van der Waals surface area contributed by atoms with Gasteiger partial charge in [-0.1, -0.05) is 12.1 Å². The Labute approximate surface area is 79.9 Å². The Balaban J connectivity index is 2.70. The second-order valence-corrected chi connectivity index (χ2v) is 2.83. The Morgan fingerprint density at radius 1 is 1.57 bits per heavy atom. The SMILES string of the molecule is COC(=O)c1n[nH]c2c(N)cccc12. The number of rotatable bonds is 1. The molecule has 1 aromatic heterocycles. The predicted octanol–water partition coefficient (Wildman–Crippen LogP) is 0.932. The van der Waals surface area contributed by atoms with Crippen molar-refractivity contribution < 1.29 is 9.53 Å². The summed E-state index contributed by atoms with van der Waals surface area (Å²) in [6.45, 7) is 0. The number of aromatic nitrogens is 2. The molecule has 5 nitrogen and oxygen atoms in total. The summed E-state index contributed by atoms with van der Waals surface area (Å²) in [5, 5.41) is 7.22. The van der Waals surface area contributed by atoms with Crippen LogP contribution in [0.4, 0.5) is 5.69 Å². The van der Waals surface area contributed by atoms with E-state index in [0.717, 1.165) is 0 Å². The van der Waals surface area contributed by atoms with Gasteiger partial charge in [0.05, 0.1) is 18.3 Å². The van der Waals surface area contributed by atoms with Crippen LogP contribution in [-0.4, -0.2) is 23.3 Å². The highest BCUT2D eigenvalue weighted by Gasteiger charge is 2.14. The number of para-hydroxylation sites is 1. The number of H-pyrrole nitrogens is 1. The lowest BCUT2D eigenvalue weighted by atomic mass is 10.2. The predicted molar refractivity (Wildman–Crippen MR) is 51.8 cm³/mol. The fourth-order valence-electron chi connectivity index (χ4n) is 1.32. The Kier molecular flexibility index (Phi) is 1.85. The average molecular weight is 191 g/mol. The highest BCUT2D eigenvalue weighted by molar-refractivity contribution is 6.04. The number of fused-ring (bicyclic) bond motifs is 1. The number of nitrogen functional groups attached to an aromatic ring is 1. The topological polar surface area (TPSA) is 81.0 Å². The van der Waals surface area contributed by atoms with E-state index in [1.165, 1.54) is 7.11 Å². The molecule has 1 heterocycles. The van der Waals surface area contributed by atoms with Gasteiger partial charge in [-0.25, -0.2) is 4.79 Å². The lowest BCUT2D eigenvalue weighted by Gasteiger charge is -1.95. The van der Waals surface area contributed by atoms with Gasteiger partial charge in [-0.3, -0.25) is 5.10 Å². The molecule has 1 aromatic carbocycles. The third-order valence-corrected chi connectivity index (χ3v) is 2.01. The zero-order valence-corrected chi connectivity index (χ0v) is 7.57. The van der Waals surface area contributed by atoms with Crippen LogP contribution in [0.1, 0.15) is 10.5 Å². The molecule has 0 bridgehead atoms. The van der Waals surface area contributed by atoms with Crippen LogP contribution < -0.4 is 5.73 Å². The van der Waals surface area contributed by atoms with Crippen LogP contribution in [0.3, 0.4) is 0 Å². The van der Waals surface area contributed by atoms with Gasteiger partial charge < -0.3 is 10.5 Å². The molecule has 3 N–H and O–H groups in total. The zero-order chi connectivity index (χ0) is 10.1. The third-order valence-electron chi connectivity index (χ3n) is 2.01. The van der Waals surface area contributed by atoms with Crippen LogP contribution in [0.2, 0.25) is 0 Å². The van der Waals surface area contributed by atoms with E-state index in [9.17, 15) is 4.79 Å². The molecule has 0 aliphatic rings. The number of esters is 1. The number of hydrogen-bond acceptors (Lipinski definition) is 4. The smallest absolute Gasteiger partial charge is 0.359 e. The van der Waals surface area contributed by atoms with Crippen molar-refractivity contribution >= 4 is 22.6 Å². The first kappa shape index (κ1) is 8.55. The van der Waals surface area contributed by atoms with Crippen LogP contribution in [0.25, 0.3) is 10.9 Å². The molecule has 5 heteroatoms. The summed E-state index contributed by atoms with van der Waals surface area (Å²) in [6, 6.07) is 5.27. The Hall–Kier alpha value is -2.04. The Morgan fingerprint density at radius 3 is 3.07 bits per heavy atom. The first-order valence-corrected chi connectivity index (χ1v) is 4.05. The summed E-state index contributed by atoms with van der Waals surface area (Å²) in [7, 11) is 1.31. The molecule has 0 saturated carbocycles. The fraction of sp³-hybridized carbons (Fsp3) is 0.111. The highest BCUT2D eigenvalue weighted by atomic mass is 16.5. The Bertz CT molecular complexity index is 490. The molecule has 0 spiro atoms. The van der Waals surface area contributed by atoms with Crippen LogP contribution >= 0.6 is 0 Å². The van der Waals surface area contributed by atoms with Gasteiger partial charge >= 0.3 is 5.97 Å². The van der Waals surface area contributed by atoms with Crippen LogP contribution in [0, 0.1) is 0 Å². The summed E-state index contributed by atoms with van der Waals surface area (Å²) >= 11 is 0. The first-order chi connectivity index (χ1) is 6.74. The van der Waals surface area contributed by atoms with Gasteiger partial charge in [0.15, 0.2) is 5.69 Å². The molecule has 0 fully saturated rings. The minimum Gasteiger partial charge on any atom is -0.464 e. The summed E-state index contributed by atoms with van der Waals surface area (Å²) in [5.74, 6) is -0.471. The van der Waals surface area contributed by atoms with E-state index in [1.54, 1.807) is 18.2 Å². The minimum atomic E-state index is -0.471. The molecule has 0 radical (unpaired) electrons. The van der Waals surface area contributed by atoms with Crippen molar-refractivity contribution in [3.05, 3.63) is 23.9 Å². The lowest BCUT2D eigenvalue weighted by Crippen LogP contribution is -2.01. The van der Waals surface area contributed by atoms with E-state index in [-0.39, 0.29) is 5.69 Å². The van der Waals surface area contributed by atoms with Crippen LogP contribution in [-0.2, 0) is 4.74 Å². The van der Waals surface area contributed by atoms with E-state index in [1.807, 2.05) is 0 Å². The van der Waals surface area contributed by atoms with Crippen molar-refractivity contribution in [3.63, 3.8) is 0 Å². The fourth-order valence-corrected chi connectivity index (χ4v) is 1.32. The molecule has 0 saturated heterocycles. The van der Waals surface area contributed by atoms with E-state index in [0.29, 0.717) is 16.6 Å². The first-order valence-electron chi connectivity index (χ1n) is 4.05. The minimum absolute atomic E-state index is 0.259. The summed E-state index contributed by atoms with van der Waals surface area (Å²) in [5.41, 5.74) is 7.17. The number of nitrogens with two attached hydrogens (primary N) is 1. The van der Waals surface area contributed by atoms with Crippen molar-refractivity contribution in [2.75, 3.05) is 12.8 Å². The van der Waals surface area contributed by atoms with Gasteiger partial charge in [-0.05, 0) is 6.07 Å². The molecule has 72 valence electrons. The maximum absolute atomic E-state index is 11.3. The normalized spacial score (nSPS) is 10.4. The van der Waals surface area contributed by atoms with Crippen molar-refractivity contribution in [3.8, 4) is 0 Å². The molecule has 0 aliphatic carbocycles. The maximum Gasteiger partial charge on any atom is 0.359 e. The van der Waals surface area contributed by atoms with Gasteiger partial charge in [0, 0.05) is 5.39 Å². The van der Waals surface area contributed by atoms with Crippen LogP contribution in [0.5, 0.6) is 0 Å². The second-order valence-electron chi connectivity index (χ2n) is 2.83. The average Bonchev–Trinajstić information content (AvgIpc) is 2.62. The molecule has 0 aliphatic heterocycles. The molecule has 0 atom stereocenters. The van der Waals surface area contributed by atoms with Crippen molar-refractivity contribution in [2.24, 2.45) is 0 Å². The monoisotopic (exact) mass is 191 g/mol. The van der Waals surface area contributed by atoms with E-state index < -0.39 is 5.97 Å². The second kappa shape index (κ2) is 3.02. The summed E-state index contributed by atoms with van der Waals surface area (Å²) in [4.78, 5) is 11.3. The maximum atomic E-state index is 11.3. The largest absolute Gasteiger partial charge is 0.464 e. The summed E-state index contributed by atoms with van der Waals surface area (Å²) < 4.78 is 4.58. The van der Waals surface area contributed by atoms with Gasteiger partial charge in [-0.15, -0.1) is 0 Å². The molecule has 2 rings (SSSR count). The molecule has 2 aromatic rings. The highest BCUT2D eigenvalue weighted by Crippen LogP contribution is 2.21.